The third-order valence-corrected chi connectivity index (χ3v) is 4.27. The van der Waals surface area contributed by atoms with Crippen LogP contribution in [0.2, 0.25) is 0 Å². The first kappa shape index (κ1) is 8.52. The van der Waals surface area contributed by atoms with Gasteiger partial charge in [-0.05, 0) is 55.4 Å². The van der Waals surface area contributed by atoms with Gasteiger partial charge in [-0.1, -0.05) is 30.3 Å². The first-order valence-corrected chi connectivity index (χ1v) is 5.93. The lowest BCUT2D eigenvalue weighted by Gasteiger charge is -2.28. The average molecular weight is 186 g/mol. The highest BCUT2D eigenvalue weighted by Crippen LogP contribution is 2.58. The predicted octanol–water partition coefficient (Wildman–Crippen LogP) is 4.12. The topological polar surface area (TPSA) is 0 Å². The average Bonchev–Trinajstić information content (AvgIpc) is 3.01. The first-order chi connectivity index (χ1) is 6.88. The Morgan fingerprint density at radius 2 is 1.50 bits per heavy atom. The minimum absolute atomic E-state index is 0.839. The van der Waals surface area contributed by atoms with Crippen molar-refractivity contribution in [2.45, 2.75) is 44.4 Å². The van der Waals surface area contributed by atoms with E-state index in [1.165, 1.54) is 38.5 Å². The molecule has 0 aliphatic heterocycles. The van der Waals surface area contributed by atoms with E-state index < -0.39 is 0 Å². The minimum atomic E-state index is 0.839. The summed E-state index contributed by atoms with van der Waals surface area (Å²) in [4.78, 5) is 0. The number of rotatable bonds is 1. The van der Waals surface area contributed by atoms with E-state index in [9.17, 15) is 0 Å². The van der Waals surface area contributed by atoms with Crippen molar-refractivity contribution in [2.75, 3.05) is 0 Å². The highest BCUT2D eigenvalue weighted by molar-refractivity contribution is 5.20. The predicted molar refractivity (Wildman–Crippen MR) is 59.3 cm³/mol. The summed E-state index contributed by atoms with van der Waals surface area (Å²) in [6.07, 6.45) is 8.90. The van der Waals surface area contributed by atoms with E-state index in [4.69, 9.17) is 0 Å². The van der Waals surface area contributed by atoms with Crippen molar-refractivity contribution in [3.05, 3.63) is 35.9 Å². The first-order valence-electron chi connectivity index (χ1n) is 5.93. The molecule has 1 aromatic rings. The van der Waals surface area contributed by atoms with Crippen LogP contribution in [0.15, 0.2) is 30.3 Å². The van der Waals surface area contributed by atoms with E-state index >= 15 is 0 Å². The van der Waals surface area contributed by atoms with Gasteiger partial charge in [0.15, 0.2) is 0 Å². The molecule has 0 aromatic heterocycles. The molecule has 0 N–H and O–H groups in total. The highest BCUT2D eigenvalue weighted by atomic mass is 14.5. The highest BCUT2D eigenvalue weighted by Gasteiger charge is 2.44. The monoisotopic (exact) mass is 186 g/mol. The number of benzene rings is 1. The molecule has 74 valence electrons. The van der Waals surface area contributed by atoms with Gasteiger partial charge in [0.2, 0.25) is 0 Å². The van der Waals surface area contributed by atoms with Gasteiger partial charge >= 0.3 is 0 Å². The van der Waals surface area contributed by atoms with E-state index in [0.717, 1.165) is 11.3 Å². The van der Waals surface area contributed by atoms with Crippen molar-refractivity contribution in [3.63, 3.8) is 0 Å². The van der Waals surface area contributed by atoms with Gasteiger partial charge in [-0.15, -0.1) is 0 Å². The molecule has 0 heterocycles. The molecule has 2 aliphatic carbocycles. The third kappa shape index (κ3) is 1.47. The zero-order chi connectivity index (χ0) is 9.43. The SMILES string of the molecule is c1ccc(C2CCC3(CC2)CC3)cc1. The molecule has 2 aliphatic rings. The second-order valence-electron chi connectivity index (χ2n) is 5.18. The van der Waals surface area contributed by atoms with Crippen LogP contribution in [0.4, 0.5) is 0 Å². The van der Waals surface area contributed by atoms with E-state index in [1.807, 2.05) is 0 Å². The molecular weight excluding hydrogens is 168 g/mol. The Hall–Kier alpha value is -0.780. The molecule has 14 heavy (non-hydrogen) atoms. The van der Waals surface area contributed by atoms with Crippen LogP contribution in [0.1, 0.15) is 50.0 Å². The van der Waals surface area contributed by atoms with E-state index in [-0.39, 0.29) is 0 Å². The van der Waals surface area contributed by atoms with Gasteiger partial charge in [-0.25, -0.2) is 0 Å². The summed E-state index contributed by atoms with van der Waals surface area (Å²) in [6, 6.07) is 11.1. The summed E-state index contributed by atoms with van der Waals surface area (Å²) in [5, 5.41) is 0. The summed E-state index contributed by atoms with van der Waals surface area (Å²) in [6.45, 7) is 0. The molecule has 0 atom stereocenters. The fourth-order valence-corrected chi connectivity index (χ4v) is 2.97. The number of hydrogen-bond acceptors (Lipinski definition) is 0. The van der Waals surface area contributed by atoms with Crippen molar-refractivity contribution in [1.29, 1.82) is 0 Å². The molecule has 0 saturated heterocycles. The summed E-state index contributed by atoms with van der Waals surface area (Å²) in [5.41, 5.74) is 2.41. The lowest BCUT2D eigenvalue weighted by atomic mass is 9.77. The van der Waals surface area contributed by atoms with Crippen molar-refractivity contribution >= 4 is 0 Å². The Kier molecular flexibility index (Phi) is 1.90. The second-order valence-corrected chi connectivity index (χ2v) is 5.18. The summed E-state index contributed by atoms with van der Waals surface area (Å²) in [5.74, 6) is 0.863. The van der Waals surface area contributed by atoms with E-state index in [0.29, 0.717) is 0 Å². The van der Waals surface area contributed by atoms with Gasteiger partial charge in [0.1, 0.15) is 0 Å². The maximum Gasteiger partial charge on any atom is -0.0162 e. The van der Waals surface area contributed by atoms with Crippen molar-refractivity contribution in [3.8, 4) is 0 Å². The van der Waals surface area contributed by atoms with Gasteiger partial charge in [-0.2, -0.15) is 0 Å². The Morgan fingerprint density at radius 1 is 0.857 bits per heavy atom. The van der Waals surface area contributed by atoms with Gasteiger partial charge in [0.05, 0.1) is 0 Å². The van der Waals surface area contributed by atoms with Gasteiger partial charge in [0, 0.05) is 0 Å². The fraction of sp³-hybridized carbons (Fsp3) is 0.571. The summed E-state index contributed by atoms with van der Waals surface area (Å²) < 4.78 is 0. The van der Waals surface area contributed by atoms with Crippen LogP contribution in [0, 0.1) is 5.41 Å². The standard InChI is InChI=1S/C14H18/c1-2-4-12(5-3-1)13-6-8-14(9-7-13)10-11-14/h1-5,13H,6-11H2. The van der Waals surface area contributed by atoms with Gasteiger partial charge in [0.25, 0.3) is 0 Å². The minimum Gasteiger partial charge on any atom is -0.0622 e. The number of hydrogen-bond donors (Lipinski definition) is 0. The molecule has 0 radical (unpaired) electrons. The van der Waals surface area contributed by atoms with Crippen LogP contribution < -0.4 is 0 Å². The Labute approximate surface area is 86.3 Å². The smallest absolute Gasteiger partial charge is 0.0162 e. The zero-order valence-electron chi connectivity index (χ0n) is 8.71. The molecule has 0 bridgehead atoms. The maximum absolute atomic E-state index is 2.30. The van der Waals surface area contributed by atoms with Crippen LogP contribution >= 0.6 is 0 Å². The fourth-order valence-electron chi connectivity index (χ4n) is 2.97. The summed E-state index contributed by atoms with van der Waals surface area (Å²) >= 11 is 0. The van der Waals surface area contributed by atoms with Crippen LogP contribution in [0.25, 0.3) is 0 Å². The molecule has 0 nitrogen and oxygen atoms in total. The molecule has 0 amide bonds. The molecule has 1 spiro atoms. The summed E-state index contributed by atoms with van der Waals surface area (Å²) in [7, 11) is 0. The van der Waals surface area contributed by atoms with Gasteiger partial charge < -0.3 is 0 Å². The zero-order valence-corrected chi connectivity index (χ0v) is 8.71. The maximum atomic E-state index is 2.30. The van der Waals surface area contributed by atoms with E-state index in [1.54, 1.807) is 5.56 Å². The molecule has 1 aromatic carbocycles. The molecular formula is C14H18. The largest absolute Gasteiger partial charge is 0.0622 e. The lowest BCUT2D eigenvalue weighted by molar-refractivity contribution is 0.306. The Morgan fingerprint density at radius 3 is 2.07 bits per heavy atom. The molecule has 2 saturated carbocycles. The van der Waals surface area contributed by atoms with Gasteiger partial charge in [-0.3, -0.25) is 0 Å². The lowest BCUT2D eigenvalue weighted by Crippen LogP contribution is -2.13. The second kappa shape index (κ2) is 3.12. The molecule has 0 heteroatoms. The van der Waals surface area contributed by atoms with Crippen LogP contribution in [-0.4, -0.2) is 0 Å². The quantitative estimate of drug-likeness (QED) is 0.618. The van der Waals surface area contributed by atoms with Crippen molar-refractivity contribution in [2.24, 2.45) is 5.41 Å². The molecule has 0 unspecified atom stereocenters. The molecule has 3 rings (SSSR count). The van der Waals surface area contributed by atoms with Crippen LogP contribution in [-0.2, 0) is 0 Å². The normalized spacial score (nSPS) is 25.1. The molecule has 2 fully saturated rings. The van der Waals surface area contributed by atoms with E-state index in [2.05, 4.69) is 30.3 Å². The third-order valence-electron chi connectivity index (χ3n) is 4.27. The Balaban J connectivity index is 1.70. The Bertz CT molecular complexity index is 298. The van der Waals surface area contributed by atoms with Crippen LogP contribution in [0.3, 0.4) is 0 Å². The van der Waals surface area contributed by atoms with Crippen molar-refractivity contribution < 1.29 is 0 Å². The van der Waals surface area contributed by atoms with Crippen molar-refractivity contribution in [1.82, 2.24) is 0 Å². The van der Waals surface area contributed by atoms with Crippen LogP contribution in [0.5, 0.6) is 0 Å².